The number of hydrogen-bond acceptors (Lipinski definition) is 7. The molecule has 0 bridgehead atoms. The first-order valence-corrected chi connectivity index (χ1v) is 11.3. The van der Waals surface area contributed by atoms with E-state index in [2.05, 4.69) is 30.9 Å². The Morgan fingerprint density at radius 3 is 2.88 bits per heavy atom. The summed E-state index contributed by atoms with van der Waals surface area (Å²) in [4.78, 5) is 21.4. The van der Waals surface area contributed by atoms with E-state index < -0.39 is 5.95 Å². The molecule has 12 heteroatoms. The summed E-state index contributed by atoms with van der Waals surface area (Å²) in [5.41, 5.74) is 2.33. The highest BCUT2D eigenvalue weighted by Gasteiger charge is 2.29. The number of fused-ring (bicyclic) bond motifs is 1. The monoisotopic (exact) mass is 462 g/mol. The highest BCUT2D eigenvalue weighted by Crippen LogP contribution is 2.39. The van der Waals surface area contributed by atoms with Crippen LogP contribution in [0.3, 0.4) is 0 Å². The summed E-state index contributed by atoms with van der Waals surface area (Å²) < 4.78 is 14.9. The molecule has 0 unspecified atom stereocenters. The number of anilines is 4. The van der Waals surface area contributed by atoms with E-state index in [9.17, 15) is 9.18 Å². The second-order valence-electron chi connectivity index (χ2n) is 8.46. The molecule has 1 aliphatic heterocycles. The minimum atomic E-state index is -0.604. The molecule has 2 aliphatic rings. The van der Waals surface area contributed by atoms with Gasteiger partial charge in [0, 0.05) is 37.0 Å². The molecule has 0 atom stereocenters. The normalized spacial score (nSPS) is 16.1. The molecule has 34 heavy (non-hydrogen) atoms. The number of amides is 2. The largest absolute Gasteiger partial charge is 0.340 e. The van der Waals surface area contributed by atoms with Gasteiger partial charge in [0.15, 0.2) is 11.6 Å². The van der Waals surface area contributed by atoms with Crippen LogP contribution >= 0.6 is 0 Å². The standard InChI is InChI=1S/C22H23FN10O/c23-18-8-7-15(13-24-18)25-22(34)33-11-2-1-10-32(33)21-27-20(17-4-3-9-31(17)30-21)26-19-12-16(28-29-19)14-5-6-14/h3-4,7-9,12-14H,1-2,5-6,10-11H2,(H,25,34)(H2,26,27,28,29,30). The highest BCUT2D eigenvalue weighted by molar-refractivity contribution is 5.90. The lowest BCUT2D eigenvalue weighted by Gasteiger charge is -2.38. The van der Waals surface area contributed by atoms with E-state index in [1.165, 1.54) is 31.2 Å². The fourth-order valence-electron chi connectivity index (χ4n) is 4.07. The fraction of sp³-hybridized carbons (Fsp3) is 0.318. The second-order valence-corrected chi connectivity index (χ2v) is 8.46. The molecule has 1 aliphatic carbocycles. The van der Waals surface area contributed by atoms with Crippen LogP contribution < -0.4 is 15.6 Å². The average molecular weight is 462 g/mol. The lowest BCUT2D eigenvalue weighted by Crippen LogP contribution is -2.53. The molecule has 4 aromatic heterocycles. The Labute approximate surface area is 194 Å². The van der Waals surface area contributed by atoms with Crippen molar-refractivity contribution < 1.29 is 9.18 Å². The average Bonchev–Trinajstić information content (AvgIpc) is 3.40. The minimum Gasteiger partial charge on any atom is -0.322 e. The zero-order valence-electron chi connectivity index (χ0n) is 18.3. The number of carbonyl (C=O) groups excluding carboxylic acids is 1. The van der Waals surface area contributed by atoms with Crippen molar-refractivity contribution >= 4 is 34.8 Å². The van der Waals surface area contributed by atoms with E-state index in [0.717, 1.165) is 24.1 Å². The quantitative estimate of drug-likeness (QED) is 0.387. The molecule has 0 radical (unpaired) electrons. The second kappa shape index (κ2) is 8.28. The van der Waals surface area contributed by atoms with Crippen molar-refractivity contribution in [3.8, 4) is 0 Å². The Balaban J connectivity index is 1.29. The van der Waals surface area contributed by atoms with Gasteiger partial charge in [-0.15, -0.1) is 5.10 Å². The van der Waals surface area contributed by atoms with Gasteiger partial charge in [0.2, 0.25) is 5.95 Å². The van der Waals surface area contributed by atoms with E-state index in [1.54, 1.807) is 14.5 Å². The van der Waals surface area contributed by atoms with Gasteiger partial charge in [-0.1, -0.05) is 0 Å². The van der Waals surface area contributed by atoms with Crippen LogP contribution in [0, 0.1) is 5.95 Å². The van der Waals surface area contributed by atoms with Crippen LogP contribution in [0.5, 0.6) is 0 Å². The van der Waals surface area contributed by atoms with Crippen LogP contribution in [0.2, 0.25) is 0 Å². The first-order valence-electron chi connectivity index (χ1n) is 11.3. The van der Waals surface area contributed by atoms with Crippen LogP contribution in [0.15, 0.2) is 42.7 Å². The van der Waals surface area contributed by atoms with Crippen molar-refractivity contribution in [3.05, 3.63) is 54.4 Å². The number of urea groups is 1. The predicted octanol–water partition coefficient (Wildman–Crippen LogP) is 3.66. The van der Waals surface area contributed by atoms with Gasteiger partial charge < -0.3 is 10.6 Å². The number of nitrogens with one attached hydrogen (secondary N) is 3. The van der Waals surface area contributed by atoms with Crippen LogP contribution in [0.25, 0.3) is 5.52 Å². The van der Waals surface area contributed by atoms with Gasteiger partial charge >= 0.3 is 6.03 Å². The van der Waals surface area contributed by atoms with E-state index >= 15 is 0 Å². The van der Waals surface area contributed by atoms with Crippen LogP contribution in [-0.4, -0.2) is 53.9 Å². The number of pyridine rings is 1. The molecule has 2 amide bonds. The number of aromatic nitrogens is 6. The molecule has 6 rings (SSSR count). The first-order chi connectivity index (χ1) is 16.6. The van der Waals surface area contributed by atoms with Crippen molar-refractivity contribution in [1.82, 2.24) is 34.8 Å². The number of aromatic amines is 1. The molecular weight excluding hydrogens is 439 g/mol. The third-order valence-corrected chi connectivity index (χ3v) is 5.97. The number of rotatable bonds is 5. The van der Waals surface area contributed by atoms with Crippen molar-refractivity contribution in [2.24, 2.45) is 0 Å². The number of hydrazine groups is 1. The van der Waals surface area contributed by atoms with Gasteiger partial charge in [-0.2, -0.15) is 14.5 Å². The molecule has 0 spiro atoms. The smallest absolute Gasteiger partial charge is 0.322 e. The van der Waals surface area contributed by atoms with E-state index in [4.69, 9.17) is 4.98 Å². The fourth-order valence-corrected chi connectivity index (χ4v) is 4.07. The number of nitrogens with zero attached hydrogens (tertiary/aromatic N) is 7. The van der Waals surface area contributed by atoms with Crippen LogP contribution in [-0.2, 0) is 0 Å². The minimum absolute atomic E-state index is 0.361. The molecule has 2 fully saturated rings. The number of halogens is 1. The maximum Gasteiger partial charge on any atom is 0.340 e. The zero-order valence-corrected chi connectivity index (χ0v) is 18.3. The number of H-pyrrole nitrogens is 1. The number of hydrogen-bond donors (Lipinski definition) is 3. The van der Waals surface area contributed by atoms with Gasteiger partial charge in [-0.3, -0.25) is 5.10 Å². The van der Waals surface area contributed by atoms with E-state index in [1.807, 2.05) is 24.4 Å². The van der Waals surface area contributed by atoms with Gasteiger partial charge in [0.05, 0.1) is 11.9 Å². The van der Waals surface area contributed by atoms with Crippen molar-refractivity contribution in [3.63, 3.8) is 0 Å². The summed E-state index contributed by atoms with van der Waals surface area (Å²) in [5, 5.41) is 21.5. The topological polar surface area (TPSA) is 119 Å². The Kier molecular flexibility index (Phi) is 4.97. The van der Waals surface area contributed by atoms with Crippen molar-refractivity contribution in [2.75, 3.05) is 28.7 Å². The molecule has 0 aromatic carbocycles. The van der Waals surface area contributed by atoms with Gasteiger partial charge in [0.1, 0.15) is 5.52 Å². The summed E-state index contributed by atoms with van der Waals surface area (Å²) in [6, 6.07) is 8.13. The van der Waals surface area contributed by atoms with Crippen molar-refractivity contribution in [2.45, 2.75) is 31.6 Å². The highest BCUT2D eigenvalue weighted by atomic mass is 19.1. The molecule has 5 heterocycles. The SMILES string of the molecule is O=C(Nc1ccc(F)nc1)N1CCCCN1c1nc(Nc2cc(C3CC3)[nH]n2)c2cccn2n1. The summed E-state index contributed by atoms with van der Waals surface area (Å²) in [7, 11) is 0. The zero-order chi connectivity index (χ0) is 23.1. The predicted molar refractivity (Wildman–Crippen MR) is 123 cm³/mol. The lowest BCUT2D eigenvalue weighted by molar-refractivity contribution is 0.192. The summed E-state index contributed by atoms with van der Waals surface area (Å²) in [6.07, 6.45) is 7.23. The Bertz CT molecular complexity index is 1330. The molecule has 174 valence electrons. The lowest BCUT2D eigenvalue weighted by atomic mass is 10.2. The van der Waals surface area contributed by atoms with E-state index in [0.29, 0.717) is 42.3 Å². The molecule has 11 nitrogen and oxygen atoms in total. The van der Waals surface area contributed by atoms with Crippen LogP contribution in [0.1, 0.15) is 37.3 Å². The maximum atomic E-state index is 13.1. The first kappa shape index (κ1) is 20.4. The van der Waals surface area contributed by atoms with E-state index in [-0.39, 0.29) is 6.03 Å². The van der Waals surface area contributed by atoms with Gasteiger partial charge in [0.25, 0.3) is 5.95 Å². The molecule has 1 saturated carbocycles. The Morgan fingerprint density at radius 2 is 2.06 bits per heavy atom. The molecule has 1 saturated heterocycles. The molecule has 4 aromatic rings. The summed E-state index contributed by atoms with van der Waals surface area (Å²) in [6.45, 7) is 1.08. The maximum absolute atomic E-state index is 13.1. The van der Waals surface area contributed by atoms with Crippen LogP contribution in [0.4, 0.5) is 32.5 Å². The third kappa shape index (κ3) is 3.98. The molecular formula is C22H23FN10O. The van der Waals surface area contributed by atoms with Gasteiger partial charge in [-0.25, -0.2) is 24.3 Å². The van der Waals surface area contributed by atoms with Gasteiger partial charge in [-0.05, 0) is 49.9 Å². The number of carbonyl (C=O) groups is 1. The third-order valence-electron chi connectivity index (χ3n) is 5.97. The van der Waals surface area contributed by atoms with Crippen molar-refractivity contribution in [1.29, 1.82) is 0 Å². The summed E-state index contributed by atoms with van der Waals surface area (Å²) >= 11 is 0. The molecule has 3 N–H and O–H groups in total. The Hall–Kier alpha value is -4.22. The Morgan fingerprint density at radius 1 is 1.18 bits per heavy atom. The summed E-state index contributed by atoms with van der Waals surface area (Å²) in [5.74, 6) is 1.63.